The van der Waals surface area contributed by atoms with Gasteiger partial charge in [-0.2, -0.15) is 0 Å². The molecule has 0 atom stereocenters. The third kappa shape index (κ3) is 4.76. The lowest BCUT2D eigenvalue weighted by Crippen LogP contribution is -2.12. The Bertz CT molecular complexity index is 397. The van der Waals surface area contributed by atoms with Crippen LogP contribution >= 0.6 is 0 Å². The number of ether oxygens (including phenoxy) is 5. The molecule has 0 amide bonds. The van der Waals surface area contributed by atoms with Crippen LogP contribution in [0, 0.1) is 0 Å². The Labute approximate surface area is 127 Å². The van der Waals surface area contributed by atoms with E-state index >= 15 is 0 Å². The van der Waals surface area contributed by atoms with Crippen molar-refractivity contribution >= 4 is 0 Å². The monoisotopic (exact) mass is 298 g/mol. The molecule has 5 nitrogen and oxygen atoms in total. The van der Waals surface area contributed by atoms with Crippen LogP contribution in [-0.2, 0) is 56.7 Å². The van der Waals surface area contributed by atoms with Crippen molar-refractivity contribution in [1.29, 1.82) is 0 Å². The summed E-state index contributed by atoms with van der Waals surface area (Å²) in [4.78, 5) is 0. The van der Waals surface area contributed by atoms with Crippen LogP contribution in [0.25, 0.3) is 0 Å². The summed E-state index contributed by atoms with van der Waals surface area (Å²) in [5, 5.41) is 0. The van der Waals surface area contributed by atoms with Crippen LogP contribution in [0.3, 0.4) is 0 Å². The second-order valence-corrected chi connectivity index (χ2v) is 4.80. The van der Waals surface area contributed by atoms with E-state index in [0.29, 0.717) is 33.0 Å². The number of methoxy groups -OCH3 is 5. The lowest BCUT2D eigenvalue weighted by Gasteiger charge is -2.21. The maximum absolute atomic E-state index is 5.38. The minimum absolute atomic E-state index is 0.506. The van der Waals surface area contributed by atoms with Gasteiger partial charge in [0, 0.05) is 35.5 Å². The highest BCUT2D eigenvalue weighted by atomic mass is 16.5. The topological polar surface area (TPSA) is 46.2 Å². The van der Waals surface area contributed by atoms with Gasteiger partial charge in [-0.1, -0.05) is 6.07 Å². The third-order valence-corrected chi connectivity index (χ3v) is 3.32. The van der Waals surface area contributed by atoms with Gasteiger partial charge in [0.2, 0.25) is 0 Å². The van der Waals surface area contributed by atoms with Crippen molar-refractivity contribution in [3.8, 4) is 0 Å². The van der Waals surface area contributed by atoms with E-state index in [9.17, 15) is 0 Å². The lowest BCUT2D eigenvalue weighted by atomic mass is 9.92. The average molecular weight is 298 g/mol. The van der Waals surface area contributed by atoms with E-state index in [1.807, 2.05) is 0 Å². The Kier molecular flexibility index (Phi) is 8.49. The fourth-order valence-electron chi connectivity index (χ4n) is 2.49. The zero-order valence-electron chi connectivity index (χ0n) is 13.7. The molecule has 0 spiro atoms. The van der Waals surface area contributed by atoms with Crippen LogP contribution in [0.2, 0.25) is 0 Å². The van der Waals surface area contributed by atoms with Crippen molar-refractivity contribution in [3.63, 3.8) is 0 Å². The highest BCUT2D eigenvalue weighted by Crippen LogP contribution is 2.27. The Morgan fingerprint density at radius 3 is 1.19 bits per heavy atom. The van der Waals surface area contributed by atoms with E-state index in [-0.39, 0.29) is 0 Å². The highest BCUT2D eigenvalue weighted by molar-refractivity contribution is 5.45. The standard InChI is InChI=1S/C16H26O5/c1-17-7-12-6-13(8-18-2)15(10-20-4)16(11-21-5)14(12)9-19-3/h6H,7-11H2,1-5H3. The normalized spacial score (nSPS) is 11.1. The zero-order valence-corrected chi connectivity index (χ0v) is 13.7. The summed E-state index contributed by atoms with van der Waals surface area (Å²) < 4.78 is 26.7. The van der Waals surface area contributed by atoms with Gasteiger partial charge >= 0.3 is 0 Å². The second-order valence-electron chi connectivity index (χ2n) is 4.80. The van der Waals surface area contributed by atoms with E-state index in [4.69, 9.17) is 23.7 Å². The van der Waals surface area contributed by atoms with Crippen molar-refractivity contribution in [2.75, 3.05) is 35.5 Å². The van der Waals surface area contributed by atoms with Gasteiger partial charge in [0.1, 0.15) is 0 Å². The van der Waals surface area contributed by atoms with Gasteiger partial charge in [0.25, 0.3) is 0 Å². The number of hydrogen-bond acceptors (Lipinski definition) is 5. The van der Waals surface area contributed by atoms with Crippen molar-refractivity contribution in [3.05, 3.63) is 33.9 Å². The van der Waals surface area contributed by atoms with E-state index < -0.39 is 0 Å². The van der Waals surface area contributed by atoms with Gasteiger partial charge in [-0.05, 0) is 27.8 Å². The summed E-state index contributed by atoms with van der Waals surface area (Å²) in [7, 11) is 8.43. The molecule has 0 N–H and O–H groups in total. The Hall–Kier alpha value is -0.980. The first-order chi connectivity index (χ1) is 10.2. The van der Waals surface area contributed by atoms with Crippen LogP contribution in [0.1, 0.15) is 27.8 Å². The van der Waals surface area contributed by atoms with Crippen LogP contribution in [-0.4, -0.2) is 35.5 Å². The number of rotatable bonds is 10. The average Bonchev–Trinajstić information content (AvgIpc) is 2.47. The first-order valence-corrected chi connectivity index (χ1v) is 6.83. The quantitative estimate of drug-likeness (QED) is 0.664. The Morgan fingerprint density at radius 2 is 0.857 bits per heavy atom. The number of hydrogen-bond donors (Lipinski definition) is 0. The van der Waals surface area contributed by atoms with Crippen molar-refractivity contribution < 1.29 is 23.7 Å². The highest BCUT2D eigenvalue weighted by Gasteiger charge is 2.18. The van der Waals surface area contributed by atoms with Gasteiger partial charge in [-0.15, -0.1) is 0 Å². The van der Waals surface area contributed by atoms with Gasteiger partial charge in [-0.3, -0.25) is 0 Å². The molecular weight excluding hydrogens is 272 g/mol. The molecule has 1 rings (SSSR count). The first kappa shape index (κ1) is 18.1. The van der Waals surface area contributed by atoms with Gasteiger partial charge in [-0.25, -0.2) is 0 Å². The molecule has 0 aliphatic rings. The van der Waals surface area contributed by atoms with E-state index in [1.165, 1.54) is 0 Å². The van der Waals surface area contributed by atoms with Crippen LogP contribution < -0.4 is 0 Å². The molecule has 5 heteroatoms. The Balaban J connectivity index is 3.44. The summed E-state index contributed by atoms with van der Waals surface area (Å²) in [6.07, 6.45) is 0. The summed E-state index contributed by atoms with van der Waals surface area (Å²) in [6.45, 7) is 2.59. The molecule has 0 aliphatic heterocycles. The zero-order chi connectivity index (χ0) is 15.7. The molecule has 1 aromatic rings. The van der Waals surface area contributed by atoms with Crippen molar-refractivity contribution in [2.45, 2.75) is 33.0 Å². The van der Waals surface area contributed by atoms with E-state index in [1.54, 1.807) is 35.5 Å². The van der Waals surface area contributed by atoms with E-state index in [0.717, 1.165) is 27.8 Å². The molecule has 0 heterocycles. The molecule has 0 unspecified atom stereocenters. The molecular formula is C16H26O5. The van der Waals surface area contributed by atoms with Crippen molar-refractivity contribution in [2.24, 2.45) is 0 Å². The van der Waals surface area contributed by atoms with Crippen LogP contribution in [0.5, 0.6) is 0 Å². The summed E-state index contributed by atoms with van der Waals surface area (Å²) in [5.74, 6) is 0. The molecule has 0 bridgehead atoms. The van der Waals surface area contributed by atoms with Crippen LogP contribution in [0.4, 0.5) is 0 Å². The van der Waals surface area contributed by atoms with Gasteiger partial charge < -0.3 is 23.7 Å². The molecule has 120 valence electrons. The predicted molar refractivity (Wildman–Crippen MR) is 80.0 cm³/mol. The van der Waals surface area contributed by atoms with Crippen molar-refractivity contribution in [1.82, 2.24) is 0 Å². The largest absolute Gasteiger partial charge is 0.380 e. The first-order valence-electron chi connectivity index (χ1n) is 6.83. The minimum atomic E-state index is 0.506. The summed E-state index contributed by atoms with van der Waals surface area (Å²) >= 11 is 0. The van der Waals surface area contributed by atoms with E-state index in [2.05, 4.69) is 6.07 Å². The predicted octanol–water partition coefficient (Wildman–Crippen LogP) is 2.42. The Morgan fingerprint density at radius 1 is 0.524 bits per heavy atom. The third-order valence-electron chi connectivity index (χ3n) is 3.32. The minimum Gasteiger partial charge on any atom is -0.380 e. The maximum atomic E-state index is 5.38. The molecule has 21 heavy (non-hydrogen) atoms. The smallest absolute Gasteiger partial charge is 0.0720 e. The molecule has 0 radical (unpaired) electrons. The molecule has 0 aromatic heterocycles. The second kappa shape index (κ2) is 9.87. The molecule has 1 aromatic carbocycles. The maximum Gasteiger partial charge on any atom is 0.0720 e. The molecule has 0 fully saturated rings. The molecule has 0 aliphatic carbocycles. The van der Waals surface area contributed by atoms with Gasteiger partial charge in [0.15, 0.2) is 0 Å². The SMILES string of the molecule is COCc1cc(COC)c(COC)c(COC)c1COC. The fraction of sp³-hybridized carbons (Fsp3) is 0.625. The molecule has 0 saturated heterocycles. The van der Waals surface area contributed by atoms with Crippen LogP contribution in [0.15, 0.2) is 6.07 Å². The fourth-order valence-corrected chi connectivity index (χ4v) is 2.49. The molecule has 0 saturated carbocycles. The number of benzene rings is 1. The summed E-state index contributed by atoms with van der Waals surface area (Å²) in [6, 6.07) is 2.11. The van der Waals surface area contributed by atoms with Gasteiger partial charge in [0.05, 0.1) is 33.0 Å². The summed E-state index contributed by atoms with van der Waals surface area (Å²) in [5.41, 5.74) is 5.50. The lowest BCUT2D eigenvalue weighted by molar-refractivity contribution is 0.147.